The summed E-state index contributed by atoms with van der Waals surface area (Å²) < 4.78 is 5.75. The first kappa shape index (κ1) is 16.5. The quantitative estimate of drug-likeness (QED) is 0.938. The molecule has 1 aromatic heterocycles. The van der Waals surface area contributed by atoms with Gasteiger partial charge in [-0.1, -0.05) is 19.1 Å². The van der Waals surface area contributed by atoms with Crippen LogP contribution in [0.2, 0.25) is 0 Å². The molecular formula is C19H22N2O3. The molecule has 0 spiro atoms. The Morgan fingerprint density at radius 1 is 1.38 bits per heavy atom. The molecule has 5 nitrogen and oxygen atoms in total. The number of hydrogen-bond acceptors (Lipinski definition) is 4. The van der Waals surface area contributed by atoms with Gasteiger partial charge in [0.2, 0.25) is 0 Å². The Kier molecular flexibility index (Phi) is 5.11. The van der Waals surface area contributed by atoms with Crippen molar-refractivity contribution in [1.82, 2.24) is 9.88 Å². The molecule has 0 aliphatic carbocycles. The van der Waals surface area contributed by atoms with Gasteiger partial charge in [-0.25, -0.2) is 0 Å². The van der Waals surface area contributed by atoms with Crippen LogP contribution < -0.4 is 4.74 Å². The van der Waals surface area contributed by atoms with E-state index < -0.39 is 6.10 Å². The standard InChI is InChI=1S/C19H22N2O3/c1-14-7-9-21(12-18(14)22)19(23)16-5-2-6-17(10-16)24-13-15-4-3-8-20-11-15/h2-6,8,10-11,14,18,22H,7,9,12-13H2,1H3. The van der Waals surface area contributed by atoms with Crippen molar-refractivity contribution in [3.8, 4) is 5.75 Å². The topological polar surface area (TPSA) is 62.7 Å². The molecule has 1 fully saturated rings. The molecular weight excluding hydrogens is 304 g/mol. The summed E-state index contributed by atoms with van der Waals surface area (Å²) in [5, 5.41) is 9.98. The molecule has 1 saturated heterocycles. The second-order valence-electron chi connectivity index (χ2n) is 6.26. The molecule has 0 bridgehead atoms. The maximum Gasteiger partial charge on any atom is 0.254 e. The maximum absolute atomic E-state index is 12.6. The molecule has 24 heavy (non-hydrogen) atoms. The highest BCUT2D eigenvalue weighted by Gasteiger charge is 2.27. The van der Waals surface area contributed by atoms with E-state index in [2.05, 4.69) is 4.98 Å². The van der Waals surface area contributed by atoms with Gasteiger partial charge in [0.15, 0.2) is 0 Å². The molecule has 1 aliphatic heterocycles. The van der Waals surface area contributed by atoms with Crippen LogP contribution in [0.3, 0.4) is 0 Å². The van der Waals surface area contributed by atoms with Crippen molar-refractivity contribution < 1.29 is 14.6 Å². The van der Waals surface area contributed by atoms with Gasteiger partial charge in [-0.05, 0) is 36.6 Å². The van der Waals surface area contributed by atoms with E-state index >= 15 is 0 Å². The third-order valence-electron chi connectivity index (χ3n) is 4.42. The number of ether oxygens (including phenoxy) is 1. The summed E-state index contributed by atoms with van der Waals surface area (Å²) >= 11 is 0. The summed E-state index contributed by atoms with van der Waals surface area (Å²) in [6.07, 6.45) is 3.85. The largest absolute Gasteiger partial charge is 0.489 e. The third kappa shape index (κ3) is 3.92. The SMILES string of the molecule is CC1CCN(C(=O)c2cccc(OCc3cccnc3)c2)CC1O. The molecule has 2 unspecified atom stereocenters. The third-order valence-corrected chi connectivity index (χ3v) is 4.42. The Hall–Kier alpha value is -2.40. The van der Waals surface area contributed by atoms with Crippen molar-refractivity contribution in [3.63, 3.8) is 0 Å². The second kappa shape index (κ2) is 7.45. The van der Waals surface area contributed by atoms with E-state index in [1.807, 2.05) is 31.2 Å². The average Bonchev–Trinajstić information content (AvgIpc) is 2.63. The van der Waals surface area contributed by atoms with E-state index in [1.54, 1.807) is 29.4 Å². The smallest absolute Gasteiger partial charge is 0.254 e. The normalized spacial score (nSPS) is 20.7. The van der Waals surface area contributed by atoms with Gasteiger partial charge < -0.3 is 14.7 Å². The Bertz CT molecular complexity index is 690. The van der Waals surface area contributed by atoms with Crippen LogP contribution >= 0.6 is 0 Å². The second-order valence-corrected chi connectivity index (χ2v) is 6.26. The highest BCUT2D eigenvalue weighted by Crippen LogP contribution is 2.21. The average molecular weight is 326 g/mol. The van der Waals surface area contributed by atoms with Crippen LogP contribution in [0.25, 0.3) is 0 Å². The van der Waals surface area contributed by atoms with Crippen LogP contribution in [0.1, 0.15) is 29.3 Å². The lowest BCUT2D eigenvalue weighted by molar-refractivity contribution is 0.0248. The number of benzene rings is 1. The number of piperidine rings is 1. The van der Waals surface area contributed by atoms with Crippen LogP contribution in [-0.2, 0) is 6.61 Å². The predicted molar refractivity (Wildman–Crippen MR) is 90.7 cm³/mol. The molecule has 3 rings (SSSR count). The number of aromatic nitrogens is 1. The first-order valence-corrected chi connectivity index (χ1v) is 8.22. The van der Waals surface area contributed by atoms with E-state index in [9.17, 15) is 9.90 Å². The van der Waals surface area contributed by atoms with Gasteiger partial charge in [0.05, 0.1) is 6.10 Å². The lowest BCUT2D eigenvalue weighted by Gasteiger charge is -2.34. The van der Waals surface area contributed by atoms with Crippen LogP contribution in [-0.4, -0.2) is 40.1 Å². The number of rotatable bonds is 4. The number of hydrogen-bond donors (Lipinski definition) is 1. The summed E-state index contributed by atoms with van der Waals surface area (Å²) in [6.45, 7) is 3.49. The summed E-state index contributed by atoms with van der Waals surface area (Å²) in [7, 11) is 0. The van der Waals surface area contributed by atoms with Crippen molar-refractivity contribution in [1.29, 1.82) is 0 Å². The van der Waals surface area contributed by atoms with Crippen molar-refractivity contribution >= 4 is 5.91 Å². The van der Waals surface area contributed by atoms with Crippen LogP contribution in [0, 0.1) is 5.92 Å². The number of pyridine rings is 1. The number of carbonyl (C=O) groups excluding carboxylic acids is 1. The molecule has 126 valence electrons. The maximum atomic E-state index is 12.6. The molecule has 1 amide bonds. The van der Waals surface area contributed by atoms with E-state index in [0.29, 0.717) is 31.0 Å². The Morgan fingerprint density at radius 2 is 2.25 bits per heavy atom. The van der Waals surface area contributed by atoms with Crippen LogP contribution in [0.5, 0.6) is 5.75 Å². The van der Waals surface area contributed by atoms with E-state index in [4.69, 9.17) is 4.74 Å². The fourth-order valence-corrected chi connectivity index (χ4v) is 2.79. The molecule has 2 aromatic rings. The molecule has 2 atom stereocenters. The lowest BCUT2D eigenvalue weighted by atomic mass is 9.95. The van der Waals surface area contributed by atoms with Gasteiger partial charge in [-0.15, -0.1) is 0 Å². The van der Waals surface area contributed by atoms with Gasteiger partial charge in [-0.2, -0.15) is 0 Å². The summed E-state index contributed by atoms with van der Waals surface area (Å²) in [5.41, 5.74) is 1.56. The first-order chi connectivity index (χ1) is 11.6. The Labute approximate surface area is 141 Å². The Balaban J connectivity index is 1.65. The van der Waals surface area contributed by atoms with Gasteiger partial charge in [0.1, 0.15) is 12.4 Å². The molecule has 0 saturated carbocycles. The minimum absolute atomic E-state index is 0.0622. The minimum Gasteiger partial charge on any atom is -0.489 e. The molecule has 2 heterocycles. The molecule has 1 aromatic carbocycles. The zero-order valence-corrected chi connectivity index (χ0v) is 13.8. The summed E-state index contributed by atoms with van der Waals surface area (Å²) in [5.74, 6) is 0.826. The zero-order valence-electron chi connectivity index (χ0n) is 13.8. The van der Waals surface area contributed by atoms with Gasteiger partial charge in [-0.3, -0.25) is 9.78 Å². The number of nitrogens with zero attached hydrogens (tertiary/aromatic N) is 2. The van der Waals surface area contributed by atoms with Crippen molar-refractivity contribution in [2.75, 3.05) is 13.1 Å². The van der Waals surface area contributed by atoms with Gasteiger partial charge in [0.25, 0.3) is 5.91 Å². The van der Waals surface area contributed by atoms with Gasteiger partial charge in [0, 0.05) is 36.6 Å². The highest BCUT2D eigenvalue weighted by atomic mass is 16.5. The van der Waals surface area contributed by atoms with E-state index in [0.717, 1.165) is 12.0 Å². The van der Waals surface area contributed by atoms with E-state index in [-0.39, 0.29) is 11.8 Å². The van der Waals surface area contributed by atoms with Crippen molar-refractivity contribution in [3.05, 3.63) is 59.9 Å². The van der Waals surface area contributed by atoms with Crippen LogP contribution in [0.4, 0.5) is 0 Å². The first-order valence-electron chi connectivity index (χ1n) is 8.22. The predicted octanol–water partition coefficient (Wildman–Crippen LogP) is 2.50. The number of amides is 1. The number of aliphatic hydroxyl groups is 1. The van der Waals surface area contributed by atoms with E-state index in [1.165, 1.54) is 0 Å². The fourth-order valence-electron chi connectivity index (χ4n) is 2.79. The zero-order chi connectivity index (χ0) is 16.9. The number of carbonyl (C=O) groups is 1. The van der Waals surface area contributed by atoms with Gasteiger partial charge >= 0.3 is 0 Å². The molecule has 1 N–H and O–H groups in total. The number of likely N-dealkylation sites (tertiary alicyclic amines) is 1. The summed E-state index contributed by atoms with van der Waals surface area (Å²) in [6, 6.07) is 11.0. The van der Waals surface area contributed by atoms with Crippen LogP contribution in [0.15, 0.2) is 48.8 Å². The number of β-amino-alcohol motifs (C(OH)–C–C–N with tert-alkyl or cyclic N) is 1. The minimum atomic E-state index is -0.451. The van der Waals surface area contributed by atoms with Crippen molar-refractivity contribution in [2.45, 2.75) is 26.1 Å². The monoisotopic (exact) mass is 326 g/mol. The van der Waals surface area contributed by atoms with Crippen molar-refractivity contribution in [2.24, 2.45) is 5.92 Å². The molecule has 5 heteroatoms. The highest BCUT2D eigenvalue weighted by molar-refractivity contribution is 5.94. The summed E-state index contributed by atoms with van der Waals surface area (Å²) in [4.78, 5) is 18.4. The Morgan fingerprint density at radius 3 is 3.00 bits per heavy atom. The molecule has 0 radical (unpaired) electrons. The fraction of sp³-hybridized carbons (Fsp3) is 0.368. The molecule has 1 aliphatic rings. The number of aliphatic hydroxyl groups excluding tert-OH is 1. The lowest BCUT2D eigenvalue weighted by Crippen LogP contribution is -2.45.